The predicted octanol–water partition coefficient (Wildman–Crippen LogP) is 3.86. The molecule has 0 aliphatic rings. The van der Waals surface area contributed by atoms with E-state index in [2.05, 4.69) is 20.7 Å². The predicted molar refractivity (Wildman–Crippen MR) is 111 cm³/mol. The van der Waals surface area contributed by atoms with Crippen molar-refractivity contribution < 1.29 is 9.21 Å². The molecule has 1 aromatic carbocycles. The number of furan rings is 1. The SMILES string of the molecule is CCn1c(SCC(=O)N/N=C\C(C)=C\c2ccco2)nnc1-c1ccccc1. The highest BCUT2D eigenvalue weighted by molar-refractivity contribution is 7.99. The molecule has 0 aliphatic carbocycles. The monoisotopic (exact) mass is 395 g/mol. The molecule has 0 unspecified atom stereocenters. The lowest BCUT2D eigenvalue weighted by Crippen LogP contribution is -2.20. The van der Waals surface area contributed by atoms with Crippen LogP contribution < -0.4 is 5.43 Å². The number of nitrogens with zero attached hydrogens (tertiary/aromatic N) is 4. The average Bonchev–Trinajstić information content (AvgIpc) is 3.36. The van der Waals surface area contributed by atoms with Crippen molar-refractivity contribution in [1.82, 2.24) is 20.2 Å². The molecule has 0 fully saturated rings. The minimum Gasteiger partial charge on any atom is -0.465 e. The smallest absolute Gasteiger partial charge is 0.250 e. The molecule has 0 saturated carbocycles. The van der Waals surface area contributed by atoms with Crippen molar-refractivity contribution in [3.05, 3.63) is 60.1 Å². The number of nitrogens with one attached hydrogen (secondary N) is 1. The molecule has 28 heavy (non-hydrogen) atoms. The van der Waals surface area contributed by atoms with Gasteiger partial charge in [0.05, 0.1) is 18.2 Å². The molecule has 0 radical (unpaired) electrons. The Kier molecular flexibility index (Phi) is 6.80. The van der Waals surface area contributed by atoms with Gasteiger partial charge < -0.3 is 8.98 Å². The number of benzene rings is 1. The lowest BCUT2D eigenvalue weighted by atomic mass is 10.2. The van der Waals surface area contributed by atoms with Gasteiger partial charge in [0.2, 0.25) is 0 Å². The third kappa shape index (κ3) is 5.20. The Balaban J connectivity index is 1.55. The third-order valence-electron chi connectivity index (χ3n) is 3.77. The molecule has 0 aliphatic heterocycles. The third-order valence-corrected chi connectivity index (χ3v) is 4.73. The van der Waals surface area contributed by atoms with E-state index in [-0.39, 0.29) is 11.7 Å². The van der Waals surface area contributed by atoms with Crippen molar-refractivity contribution in [2.75, 3.05) is 5.75 Å². The fourth-order valence-electron chi connectivity index (χ4n) is 2.48. The lowest BCUT2D eigenvalue weighted by molar-refractivity contribution is -0.118. The quantitative estimate of drug-likeness (QED) is 0.356. The number of amides is 1. The topological polar surface area (TPSA) is 85.3 Å². The minimum absolute atomic E-state index is 0.200. The van der Waals surface area contributed by atoms with E-state index < -0.39 is 0 Å². The zero-order valence-electron chi connectivity index (χ0n) is 15.7. The van der Waals surface area contributed by atoms with Crippen LogP contribution in [0.15, 0.2) is 69.0 Å². The van der Waals surface area contributed by atoms with Crippen LogP contribution in [0.1, 0.15) is 19.6 Å². The first-order valence-corrected chi connectivity index (χ1v) is 9.81. The average molecular weight is 395 g/mol. The van der Waals surface area contributed by atoms with Crippen molar-refractivity contribution in [3.8, 4) is 11.4 Å². The van der Waals surface area contributed by atoms with Crippen molar-refractivity contribution in [2.24, 2.45) is 5.10 Å². The maximum atomic E-state index is 12.1. The van der Waals surface area contributed by atoms with E-state index in [9.17, 15) is 4.79 Å². The van der Waals surface area contributed by atoms with Crippen LogP contribution in [0, 0.1) is 0 Å². The molecule has 0 saturated heterocycles. The molecule has 144 valence electrons. The molecule has 8 heteroatoms. The number of carbonyl (C=O) groups excluding carboxylic acids is 1. The zero-order valence-corrected chi connectivity index (χ0v) is 16.5. The molecule has 0 bridgehead atoms. The number of carbonyl (C=O) groups is 1. The molecule has 3 rings (SSSR count). The summed E-state index contributed by atoms with van der Waals surface area (Å²) in [4.78, 5) is 12.1. The van der Waals surface area contributed by atoms with E-state index >= 15 is 0 Å². The summed E-state index contributed by atoms with van der Waals surface area (Å²) in [5, 5.41) is 13.2. The van der Waals surface area contributed by atoms with Gasteiger partial charge in [0.1, 0.15) is 5.76 Å². The molecule has 1 N–H and O–H groups in total. The Hall–Kier alpha value is -3.13. The van der Waals surface area contributed by atoms with Crippen LogP contribution in [0.4, 0.5) is 0 Å². The Morgan fingerprint density at radius 2 is 2.07 bits per heavy atom. The van der Waals surface area contributed by atoms with E-state index in [0.717, 1.165) is 29.3 Å². The number of allylic oxidation sites excluding steroid dienone is 1. The van der Waals surface area contributed by atoms with Gasteiger partial charge in [-0.15, -0.1) is 10.2 Å². The largest absolute Gasteiger partial charge is 0.465 e. The Labute approximate surface area is 167 Å². The van der Waals surface area contributed by atoms with Gasteiger partial charge >= 0.3 is 0 Å². The number of hydrazone groups is 1. The van der Waals surface area contributed by atoms with E-state index in [4.69, 9.17) is 4.42 Å². The summed E-state index contributed by atoms with van der Waals surface area (Å²) in [7, 11) is 0. The highest BCUT2D eigenvalue weighted by atomic mass is 32.2. The molecular weight excluding hydrogens is 374 g/mol. The summed E-state index contributed by atoms with van der Waals surface area (Å²) in [6.07, 6.45) is 5.01. The number of thioether (sulfide) groups is 1. The van der Waals surface area contributed by atoms with Crippen LogP contribution >= 0.6 is 11.8 Å². The molecule has 3 aromatic rings. The van der Waals surface area contributed by atoms with Crippen molar-refractivity contribution in [1.29, 1.82) is 0 Å². The highest BCUT2D eigenvalue weighted by Gasteiger charge is 2.14. The summed E-state index contributed by atoms with van der Waals surface area (Å²) in [5.74, 6) is 1.52. The standard InChI is InChI=1S/C20H21N5O2S/c1-3-25-19(16-8-5-4-6-9-16)23-24-20(25)28-14-18(26)22-21-13-15(2)12-17-10-7-11-27-17/h4-13H,3,14H2,1-2H3,(H,22,26)/b15-12+,21-13-. The van der Waals surface area contributed by atoms with Gasteiger partial charge in [0, 0.05) is 12.1 Å². The van der Waals surface area contributed by atoms with E-state index in [1.165, 1.54) is 11.8 Å². The maximum Gasteiger partial charge on any atom is 0.250 e. The number of aromatic nitrogens is 3. The zero-order chi connectivity index (χ0) is 19.8. The Morgan fingerprint density at radius 3 is 2.79 bits per heavy atom. The summed E-state index contributed by atoms with van der Waals surface area (Å²) in [6, 6.07) is 13.5. The van der Waals surface area contributed by atoms with Gasteiger partial charge in [-0.2, -0.15) is 5.10 Å². The van der Waals surface area contributed by atoms with Crippen molar-refractivity contribution in [3.63, 3.8) is 0 Å². The van der Waals surface area contributed by atoms with Crippen LogP contribution in [-0.2, 0) is 11.3 Å². The fourth-order valence-corrected chi connectivity index (χ4v) is 3.28. The second-order valence-electron chi connectivity index (χ2n) is 5.90. The Bertz CT molecular complexity index is 962. The van der Waals surface area contributed by atoms with Gasteiger partial charge in [0.25, 0.3) is 5.91 Å². The highest BCUT2D eigenvalue weighted by Crippen LogP contribution is 2.23. The van der Waals surface area contributed by atoms with Gasteiger partial charge in [-0.05, 0) is 37.6 Å². The molecule has 0 atom stereocenters. The van der Waals surface area contributed by atoms with Crippen LogP contribution in [0.2, 0.25) is 0 Å². The van der Waals surface area contributed by atoms with Crippen molar-refractivity contribution >= 4 is 30.0 Å². The van der Waals surface area contributed by atoms with E-state index in [1.807, 2.05) is 67.0 Å². The summed E-state index contributed by atoms with van der Waals surface area (Å²) in [5.41, 5.74) is 4.38. The maximum absolute atomic E-state index is 12.1. The summed E-state index contributed by atoms with van der Waals surface area (Å²) < 4.78 is 7.22. The van der Waals surface area contributed by atoms with Crippen LogP contribution in [0.25, 0.3) is 17.5 Å². The minimum atomic E-state index is -0.209. The van der Waals surface area contributed by atoms with Gasteiger partial charge in [0.15, 0.2) is 11.0 Å². The normalized spacial score (nSPS) is 11.9. The summed E-state index contributed by atoms with van der Waals surface area (Å²) in [6.45, 7) is 4.62. The lowest BCUT2D eigenvalue weighted by Gasteiger charge is -2.06. The van der Waals surface area contributed by atoms with Crippen molar-refractivity contribution in [2.45, 2.75) is 25.5 Å². The van der Waals surface area contributed by atoms with E-state index in [0.29, 0.717) is 5.16 Å². The molecule has 0 spiro atoms. The molecule has 7 nitrogen and oxygen atoms in total. The molecule has 2 heterocycles. The first-order valence-electron chi connectivity index (χ1n) is 8.82. The number of rotatable bonds is 8. The molecular formula is C20H21N5O2S. The summed E-state index contributed by atoms with van der Waals surface area (Å²) >= 11 is 1.33. The second kappa shape index (κ2) is 9.70. The first-order chi connectivity index (χ1) is 13.7. The van der Waals surface area contributed by atoms with Gasteiger partial charge in [-0.3, -0.25) is 4.79 Å². The first kappa shape index (κ1) is 19.6. The van der Waals surface area contributed by atoms with Gasteiger partial charge in [-0.1, -0.05) is 42.1 Å². The molecule has 1 amide bonds. The second-order valence-corrected chi connectivity index (χ2v) is 6.84. The Morgan fingerprint density at radius 1 is 1.25 bits per heavy atom. The molecule has 2 aromatic heterocycles. The van der Waals surface area contributed by atoms with Crippen LogP contribution in [0.5, 0.6) is 0 Å². The van der Waals surface area contributed by atoms with Gasteiger partial charge in [-0.25, -0.2) is 5.43 Å². The van der Waals surface area contributed by atoms with E-state index in [1.54, 1.807) is 12.5 Å². The number of hydrogen-bond acceptors (Lipinski definition) is 6. The van der Waals surface area contributed by atoms with Crippen LogP contribution in [-0.4, -0.2) is 32.6 Å². The number of hydrogen-bond donors (Lipinski definition) is 1. The fraction of sp³-hybridized carbons (Fsp3) is 0.200. The van der Waals surface area contributed by atoms with Crippen LogP contribution in [0.3, 0.4) is 0 Å².